The van der Waals surface area contributed by atoms with E-state index in [1.807, 2.05) is 48.8 Å². The van der Waals surface area contributed by atoms with E-state index >= 15 is 4.39 Å². The van der Waals surface area contributed by atoms with Gasteiger partial charge in [-0.3, -0.25) is 9.59 Å². The van der Waals surface area contributed by atoms with Gasteiger partial charge in [-0.1, -0.05) is 31.5 Å². The van der Waals surface area contributed by atoms with E-state index < -0.39 is 23.4 Å². The Balaban J connectivity index is 1.26. The lowest BCUT2D eigenvalue weighted by atomic mass is 9.81. The number of benzene rings is 1. The van der Waals surface area contributed by atoms with Crippen LogP contribution in [0.4, 0.5) is 4.39 Å². The summed E-state index contributed by atoms with van der Waals surface area (Å²) in [4.78, 5) is 45.0. The number of likely N-dealkylation sites (tertiary alicyclic amines) is 1. The number of amides is 2. The highest BCUT2D eigenvalue weighted by atomic mass is 35.5. The lowest BCUT2D eigenvalue weighted by molar-refractivity contribution is -0.144. The smallest absolute Gasteiger partial charge is 0.263 e. The first-order valence-electron chi connectivity index (χ1n) is 16.7. The predicted octanol–water partition coefficient (Wildman–Crippen LogP) is 5.86. The number of amidine groups is 1. The number of halogens is 2. The molecule has 1 N–H and O–H groups in total. The number of aromatic nitrogens is 1. The van der Waals surface area contributed by atoms with Crippen LogP contribution in [0.25, 0.3) is 0 Å². The van der Waals surface area contributed by atoms with Crippen molar-refractivity contribution < 1.29 is 18.7 Å². The first-order valence-corrected chi connectivity index (χ1v) is 17.9. The van der Waals surface area contributed by atoms with Crippen LogP contribution in [0.3, 0.4) is 0 Å². The molecule has 1 spiro atoms. The number of carbonyl (C=O) groups is 2. The van der Waals surface area contributed by atoms with Crippen molar-refractivity contribution in [1.82, 2.24) is 25.0 Å². The number of aliphatic imine (C=N–C) groups is 1. The van der Waals surface area contributed by atoms with Crippen LogP contribution < -0.4 is 10.1 Å². The van der Waals surface area contributed by atoms with E-state index in [0.29, 0.717) is 47.6 Å². The number of piperazine rings is 1. The largest absolute Gasteiger partial charge is 0.478 e. The average molecular weight is 681 g/mol. The van der Waals surface area contributed by atoms with Crippen LogP contribution in [0.15, 0.2) is 52.1 Å². The van der Waals surface area contributed by atoms with Crippen LogP contribution in [0, 0.1) is 11.7 Å². The Morgan fingerprint density at radius 2 is 2.00 bits per heavy atom. The number of pyridine rings is 1. The molecule has 4 atom stereocenters. The Kier molecular flexibility index (Phi) is 8.32. The summed E-state index contributed by atoms with van der Waals surface area (Å²) in [6, 6.07) is 7.58. The SMILES string of the molecule is CCOc1ccc([C@]2(C)N=C3SC(C(=O)N4[C@H](C)CC[C@H]4C(=O)N4CCNC5(CC5)C4)=C(C(C)C)N3[C@@H]2c2ccc(Cl)c(F)c2)cn1. The molecule has 0 radical (unpaired) electrons. The number of hydrogen-bond donors (Lipinski definition) is 1. The molecule has 1 saturated carbocycles. The lowest BCUT2D eigenvalue weighted by Gasteiger charge is -2.38. The Bertz CT molecular complexity index is 1660. The number of hydrogen-bond acceptors (Lipinski definition) is 8. The van der Waals surface area contributed by atoms with Crippen LogP contribution in [-0.2, 0) is 15.1 Å². The topological polar surface area (TPSA) is 90.4 Å². The summed E-state index contributed by atoms with van der Waals surface area (Å²) in [6.45, 7) is 12.7. The molecular weight excluding hydrogens is 639 g/mol. The molecule has 0 unspecified atom stereocenters. The molecule has 1 aliphatic carbocycles. The number of carbonyl (C=O) groups excluding carboxylic acids is 2. The van der Waals surface area contributed by atoms with Gasteiger partial charge < -0.3 is 24.8 Å². The standard InChI is InChI=1S/C35H42ClFN6O3S/c1-6-46-27-12-9-23(18-38-27)34(5)30(22-8-10-24(36)25(37)17-22)43-28(20(2)3)29(47-33(43)40-34)32(45)42-21(4)7-11-26(42)31(44)41-16-15-39-35(19-41)13-14-35/h8-10,12,17-18,20-21,26,30,39H,6-7,11,13-16,19H2,1-5H3/t21-,26+,30-,34+/m1/s1. The van der Waals surface area contributed by atoms with Gasteiger partial charge in [0.15, 0.2) is 5.17 Å². The summed E-state index contributed by atoms with van der Waals surface area (Å²) < 4.78 is 20.7. The molecule has 1 aromatic heterocycles. The van der Waals surface area contributed by atoms with Crippen LogP contribution in [-0.4, -0.2) is 80.5 Å². The second kappa shape index (κ2) is 12.1. The van der Waals surface area contributed by atoms with Crippen LogP contribution in [0.2, 0.25) is 5.02 Å². The summed E-state index contributed by atoms with van der Waals surface area (Å²) >= 11 is 7.49. The third-order valence-corrected chi connectivity index (χ3v) is 11.7. The molecule has 47 heavy (non-hydrogen) atoms. The van der Waals surface area contributed by atoms with Crippen molar-refractivity contribution in [3.63, 3.8) is 0 Å². The minimum Gasteiger partial charge on any atom is -0.478 e. The van der Waals surface area contributed by atoms with Gasteiger partial charge in [0.2, 0.25) is 11.8 Å². The lowest BCUT2D eigenvalue weighted by Crippen LogP contribution is -2.58. The first-order chi connectivity index (χ1) is 22.5. The van der Waals surface area contributed by atoms with Gasteiger partial charge in [0.1, 0.15) is 22.3 Å². The summed E-state index contributed by atoms with van der Waals surface area (Å²) in [5.41, 5.74) is 1.54. The molecule has 1 aromatic carbocycles. The fourth-order valence-electron chi connectivity index (χ4n) is 7.75. The van der Waals surface area contributed by atoms with Crippen molar-refractivity contribution in [2.24, 2.45) is 10.9 Å². The van der Waals surface area contributed by atoms with Gasteiger partial charge in [-0.15, -0.1) is 0 Å². The van der Waals surface area contributed by atoms with E-state index in [1.54, 1.807) is 12.3 Å². The van der Waals surface area contributed by atoms with E-state index in [4.69, 9.17) is 21.3 Å². The van der Waals surface area contributed by atoms with E-state index in [-0.39, 0.29) is 34.3 Å². The van der Waals surface area contributed by atoms with E-state index in [1.165, 1.54) is 17.8 Å². The van der Waals surface area contributed by atoms with Gasteiger partial charge in [-0.05, 0) is 87.9 Å². The van der Waals surface area contributed by atoms with Crippen LogP contribution >= 0.6 is 23.4 Å². The average Bonchev–Trinajstić information content (AvgIpc) is 3.36. The number of nitrogens with one attached hydrogen (secondary N) is 1. The van der Waals surface area contributed by atoms with Crippen molar-refractivity contribution in [2.75, 3.05) is 26.2 Å². The Hall–Kier alpha value is -3.15. The highest BCUT2D eigenvalue weighted by Crippen LogP contribution is 2.56. The van der Waals surface area contributed by atoms with Gasteiger partial charge in [-0.25, -0.2) is 14.4 Å². The zero-order chi connectivity index (χ0) is 33.2. The fourth-order valence-corrected chi connectivity index (χ4v) is 9.22. The second-order valence-electron chi connectivity index (χ2n) is 13.9. The molecule has 12 heteroatoms. The molecule has 250 valence electrons. The minimum absolute atomic E-state index is 0.0411. The maximum atomic E-state index is 15.1. The van der Waals surface area contributed by atoms with Crippen molar-refractivity contribution >= 4 is 40.3 Å². The maximum Gasteiger partial charge on any atom is 0.263 e. The van der Waals surface area contributed by atoms with Gasteiger partial charge in [0.25, 0.3) is 5.91 Å². The van der Waals surface area contributed by atoms with E-state index in [2.05, 4.69) is 29.0 Å². The zero-order valence-corrected chi connectivity index (χ0v) is 29.1. The fraction of sp³-hybridized carbons (Fsp3) is 0.543. The van der Waals surface area contributed by atoms with Crippen LogP contribution in [0.5, 0.6) is 5.88 Å². The zero-order valence-electron chi connectivity index (χ0n) is 27.6. The first kappa shape index (κ1) is 32.4. The maximum absolute atomic E-state index is 15.1. The Morgan fingerprint density at radius 3 is 2.66 bits per heavy atom. The number of fused-ring (bicyclic) bond motifs is 1. The molecule has 4 aliphatic heterocycles. The number of allylic oxidation sites excluding steroid dienone is 1. The summed E-state index contributed by atoms with van der Waals surface area (Å²) in [5.74, 6) is -0.156. The Morgan fingerprint density at radius 1 is 1.21 bits per heavy atom. The van der Waals surface area contributed by atoms with Gasteiger partial charge in [0.05, 0.1) is 17.7 Å². The monoisotopic (exact) mass is 680 g/mol. The number of rotatable bonds is 7. The highest BCUT2D eigenvalue weighted by Gasteiger charge is 2.55. The number of ether oxygens (including phenoxy) is 1. The highest BCUT2D eigenvalue weighted by molar-refractivity contribution is 8.18. The van der Waals surface area contributed by atoms with Crippen molar-refractivity contribution in [2.45, 2.75) is 89.5 Å². The minimum atomic E-state index is -0.866. The summed E-state index contributed by atoms with van der Waals surface area (Å²) in [5, 5.41) is 4.29. The summed E-state index contributed by atoms with van der Waals surface area (Å²) in [7, 11) is 0. The molecule has 9 nitrogen and oxygen atoms in total. The second-order valence-corrected chi connectivity index (χ2v) is 15.3. The third-order valence-electron chi connectivity index (χ3n) is 10.4. The molecular formula is C35H42ClFN6O3S. The molecule has 7 rings (SSSR count). The quantitative estimate of drug-likeness (QED) is 0.392. The van der Waals surface area contributed by atoms with Gasteiger partial charge in [0, 0.05) is 54.7 Å². The third kappa shape index (κ3) is 5.52. The van der Waals surface area contributed by atoms with E-state index in [9.17, 15) is 9.59 Å². The normalized spacial score (nSPS) is 28.0. The molecule has 5 heterocycles. The van der Waals surface area contributed by atoms with Crippen LogP contribution in [0.1, 0.15) is 77.5 Å². The van der Waals surface area contributed by atoms with Gasteiger partial charge in [-0.2, -0.15) is 0 Å². The molecule has 2 aromatic rings. The molecule has 3 fully saturated rings. The molecule has 5 aliphatic rings. The molecule has 0 bridgehead atoms. The summed E-state index contributed by atoms with van der Waals surface area (Å²) in [6.07, 6.45) is 5.36. The predicted molar refractivity (Wildman–Crippen MR) is 182 cm³/mol. The number of nitrogens with zero attached hydrogens (tertiary/aromatic N) is 5. The molecule has 2 saturated heterocycles. The Labute approximate surface area is 285 Å². The van der Waals surface area contributed by atoms with Crippen molar-refractivity contribution in [1.29, 1.82) is 0 Å². The van der Waals surface area contributed by atoms with Crippen molar-refractivity contribution in [3.8, 4) is 5.88 Å². The van der Waals surface area contributed by atoms with E-state index in [0.717, 1.165) is 37.1 Å². The number of thioether (sulfide) groups is 1. The van der Waals surface area contributed by atoms with Gasteiger partial charge >= 0.3 is 0 Å². The molecule has 2 amide bonds. The van der Waals surface area contributed by atoms with Crippen molar-refractivity contribution in [3.05, 3.63) is 69.1 Å².